The maximum atomic E-state index is 5.28. The Morgan fingerprint density at radius 1 is 1.05 bits per heavy atom. The summed E-state index contributed by atoms with van der Waals surface area (Å²) in [6, 6.07) is 0.515. The molecule has 0 unspecified atom stereocenters. The Bertz CT molecular complexity index is 443. The minimum absolute atomic E-state index is 0.515. The number of methoxy groups -OCH3 is 1. The fraction of sp³-hybridized carbons (Fsp3) is 0.714. The number of aromatic nitrogens is 2. The van der Waals surface area contributed by atoms with Crippen LogP contribution in [0.4, 0.5) is 5.82 Å². The number of ether oxygens (including phenoxy) is 1. The Labute approximate surface area is 114 Å². The molecular formula is C14H22N4O. The number of piperidine rings is 1. The molecule has 2 aliphatic heterocycles. The van der Waals surface area contributed by atoms with Gasteiger partial charge in [0.15, 0.2) is 0 Å². The lowest BCUT2D eigenvalue weighted by Gasteiger charge is -2.30. The molecule has 19 heavy (non-hydrogen) atoms. The Morgan fingerprint density at radius 3 is 2.63 bits per heavy atom. The van der Waals surface area contributed by atoms with Crippen molar-refractivity contribution in [2.45, 2.75) is 32.1 Å². The molecule has 0 bridgehead atoms. The van der Waals surface area contributed by atoms with Crippen LogP contribution in [0.5, 0.6) is 6.01 Å². The Morgan fingerprint density at radius 2 is 1.84 bits per heavy atom. The maximum absolute atomic E-state index is 5.28. The second kappa shape index (κ2) is 5.74. The van der Waals surface area contributed by atoms with Crippen LogP contribution >= 0.6 is 0 Å². The highest BCUT2D eigenvalue weighted by molar-refractivity contribution is 5.51. The Hall–Kier alpha value is -1.36. The minimum Gasteiger partial charge on any atom is -0.467 e. The van der Waals surface area contributed by atoms with E-state index < -0.39 is 0 Å². The Kier molecular flexibility index (Phi) is 3.82. The summed E-state index contributed by atoms with van der Waals surface area (Å²) in [5.74, 6) is 1.12. The molecule has 0 saturated carbocycles. The molecule has 1 saturated heterocycles. The SMILES string of the molecule is COc1nc2c(c(N3CCCCC3)n1)CCNCC2. The highest BCUT2D eigenvalue weighted by Crippen LogP contribution is 2.27. The summed E-state index contributed by atoms with van der Waals surface area (Å²) in [5, 5.41) is 3.43. The molecule has 1 aromatic heterocycles. The van der Waals surface area contributed by atoms with E-state index in [2.05, 4.69) is 20.2 Å². The largest absolute Gasteiger partial charge is 0.467 e. The van der Waals surface area contributed by atoms with Crippen LogP contribution in [0, 0.1) is 0 Å². The van der Waals surface area contributed by atoms with Crippen LogP contribution in [0.25, 0.3) is 0 Å². The third kappa shape index (κ3) is 2.66. The second-order valence-corrected chi connectivity index (χ2v) is 5.26. The van der Waals surface area contributed by atoms with Gasteiger partial charge in [0.05, 0.1) is 12.8 Å². The normalized spacial score (nSPS) is 19.7. The number of hydrogen-bond donors (Lipinski definition) is 1. The smallest absolute Gasteiger partial charge is 0.318 e. The van der Waals surface area contributed by atoms with Gasteiger partial charge in [-0.3, -0.25) is 0 Å². The molecular weight excluding hydrogens is 240 g/mol. The zero-order valence-electron chi connectivity index (χ0n) is 11.6. The highest BCUT2D eigenvalue weighted by atomic mass is 16.5. The van der Waals surface area contributed by atoms with Crippen LogP contribution in [-0.2, 0) is 12.8 Å². The summed E-state index contributed by atoms with van der Waals surface area (Å²) < 4.78 is 5.28. The average Bonchev–Trinajstić information content (AvgIpc) is 2.72. The first-order valence-electron chi connectivity index (χ1n) is 7.28. The van der Waals surface area contributed by atoms with Crippen molar-refractivity contribution in [2.75, 3.05) is 38.2 Å². The van der Waals surface area contributed by atoms with Gasteiger partial charge < -0.3 is 15.0 Å². The summed E-state index contributed by atoms with van der Waals surface area (Å²) in [4.78, 5) is 11.6. The van der Waals surface area contributed by atoms with E-state index in [1.165, 1.54) is 24.8 Å². The van der Waals surface area contributed by atoms with E-state index in [4.69, 9.17) is 4.74 Å². The summed E-state index contributed by atoms with van der Waals surface area (Å²) in [6.45, 7) is 4.23. The van der Waals surface area contributed by atoms with Gasteiger partial charge in [-0.15, -0.1) is 0 Å². The molecule has 5 heteroatoms. The molecule has 0 aromatic carbocycles. The summed E-state index contributed by atoms with van der Waals surface area (Å²) in [7, 11) is 1.65. The third-order valence-electron chi connectivity index (χ3n) is 3.98. The van der Waals surface area contributed by atoms with Gasteiger partial charge in [0.1, 0.15) is 5.82 Å². The number of fused-ring (bicyclic) bond motifs is 1. The molecule has 0 radical (unpaired) electrons. The van der Waals surface area contributed by atoms with Gasteiger partial charge >= 0.3 is 6.01 Å². The molecule has 5 nitrogen and oxygen atoms in total. The lowest BCUT2D eigenvalue weighted by molar-refractivity contribution is 0.377. The van der Waals surface area contributed by atoms with Gasteiger partial charge in [-0.05, 0) is 32.2 Å². The molecule has 1 fully saturated rings. The number of anilines is 1. The van der Waals surface area contributed by atoms with E-state index in [1.54, 1.807) is 7.11 Å². The first-order chi connectivity index (χ1) is 9.38. The Balaban J connectivity index is 1.99. The lowest BCUT2D eigenvalue weighted by Crippen LogP contribution is -2.31. The first-order valence-corrected chi connectivity index (χ1v) is 7.28. The molecule has 0 aliphatic carbocycles. The minimum atomic E-state index is 0.515. The average molecular weight is 262 g/mol. The monoisotopic (exact) mass is 262 g/mol. The zero-order valence-corrected chi connectivity index (χ0v) is 11.6. The van der Waals surface area contributed by atoms with Gasteiger partial charge in [-0.25, -0.2) is 0 Å². The molecule has 104 valence electrons. The summed E-state index contributed by atoms with van der Waals surface area (Å²) in [5.41, 5.74) is 2.49. The van der Waals surface area contributed by atoms with Crippen molar-refractivity contribution >= 4 is 5.82 Å². The third-order valence-corrected chi connectivity index (χ3v) is 3.98. The van der Waals surface area contributed by atoms with Crippen LogP contribution in [0.3, 0.4) is 0 Å². The van der Waals surface area contributed by atoms with Crippen LogP contribution in [0.2, 0.25) is 0 Å². The number of nitrogens with one attached hydrogen (secondary N) is 1. The van der Waals surface area contributed by atoms with E-state index in [0.29, 0.717) is 6.01 Å². The first kappa shape index (κ1) is 12.7. The molecule has 3 rings (SSSR count). The van der Waals surface area contributed by atoms with E-state index in [-0.39, 0.29) is 0 Å². The van der Waals surface area contributed by atoms with E-state index >= 15 is 0 Å². The van der Waals surface area contributed by atoms with Crippen molar-refractivity contribution in [2.24, 2.45) is 0 Å². The molecule has 0 atom stereocenters. The number of nitrogens with zero attached hydrogens (tertiary/aromatic N) is 3. The van der Waals surface area contributed by atoms with Gasteiger partial charge in [0, 0.05) is 31.6 Å². The molecule has 1 N–H and O–H groups in total. The van der Waals surface area contributed by atoms with Gasteiger partial charge in [-0.1, -0.05) is 0 Å². The molecule has 3 heterocycles. The standard InChI is InChI=1S/C14H22N4O/c1-19-14-16-12-6-8-15-7-5-11(12)13(17-14)18-9-3-2-4-10-18/h15H,2-10H2,1H3. The van der Waals surface area contributed by atoms with Crippen LogP contribution in [0.1, 0.15) is 30.5 Å². The highest BCUT2D eigenvalue weighted by Gasteiger charge is 2.22. The van der Waals surface area contributed by atoms with Crippen molar-refractivity contribution < 1.29 is 4.74 Å². The molecule has 1 aromatic rings. The fourth-order valence-electron chi connectivity index (χ4n) is 2.96. The van der Waals surface area contributed by atoms with Crippen molar-refractivity contribution in [1.82, 2.24) is 15.3 Å². The quantitative estimate of drug-likeness (QED) is 0.867. The number of hydrogen-bond acceptors (Lipinski definition) is 5. The van der Waals surface area contributed by atoms with E-state index in [9.17, 15) is 0 Å². The van der Waals surface area contributed by atoms with Crippen LogP contribution < -0.4 is 15.0 Å². The van der Waals surface area contributed by atoms with Crippen molar-refractivity contribution in [3.05, 3.63) is 11.3 Å². The van der Waals surface area contributed by atoms with Gasteiger partial charge in [0.25, 0.3) is 0 Å². The topological polar surface area (TPSA) is 50.3 Å². The van der Waals surface area contributed by atoms with E-state index in [1.807, 2.05) is 0 Å². The molecule has 2 aliphatic rings. The van der Waals surface area contributed by atoms with Crippen molar-refractivity contribution in [3.8, 4) is 6.01 Å². The van der Waals surface area contributed by atoms with Gasteiger partial charge in [-0.2, -0.15) is 9.97 Å². The summed E-state index contributed by atoms with van der Waals surface area (Å²) >= 11 is 0. The van der Waals surface area contributed by atoms with E-state index in [0.717, 1.165) is 50.5 Å². The lowest BCUT2D eigenvalue weighted by atomic mass is 10.1. The predicted molar refractivity (Wildman–Crippen MR) is 74.9 cm³/mol. The predicted octanol–water partition coefficient (Wildman–Crippen LogP) is 1.16. The maximum Gasteiger partial charge on any atom is 0.318 e. The number of rotatable bonds is 2. The van der Waals surface area contributed by atoms with Crippen LogP contribution in [-0.4, -0.2) is 43.3 Å². The zero-order chi connectivity index (χ0) is 13.1. The van der Waals surface area contributed by atoms with Crippen molar-refractivity contribution in [1.29, 1.82) is 0 Å². The molecule has 0 spiro atoms. The molecule has 0 amide bonds. The van der Waals surface area contributed by atoms with Crippen LogP contribution in [0.15, 0.2) is 0 Å². The second-order valence-electron chi connectivity index (χ2n) is 5.26. The fourth-order valence-corrected chi connectivity index (χ4v) is 2.96. The summed E-state index contributed by atoms with van der Waals surface area (Å²) in [6.07, 6.45) is 5.85. The van der Waals surface area contributed by atoms with Gasteiger partial charge in [0.2, 0.25) is 0 Å². The van der Waals surface area contributed by atoms with Crippen molar-refractivity contribution in [3.63, 3.8) is 0 Å².